The van der Waals surface area contributed by atoms with E-state index in [4.69, 9.17) is 0 Å². The molecule has 138 valence electrons. The minimum atomic E-state index is -1.01. The first-order valence-electron chi connectivity index (χ1n) is 9.01. The molecule has 0 spiro atoms. The van der Waals surface area contributed by atoms with Gasteiger partial charge in [-0.2, -0.15) is 0 Å². The highest BCUT2D eigenvalue weighted by Crippen LogP contribution is 2.38. The van der Waals surface area contributed by atoms with Gasteiger partial charge in [0.2, 0.25) is 0 Å². The van der Waals surface area contributed by atoms with Crippen LogP contribution in [0, 0.1) is 5.82 Å². The lowest BCUT2D eigenvalue weighted by Gasteiger charge is -2.48. The number of halogens is 1. The summed E-state index contributed by atoms with van der Waals surface area (Å²) in [5, 5.41) is 9.46. The molecule has 0 radical (unpaired) electrons. The molecule has 0 aromatic heterocycles. The zero-order valence-corrected chi connectivity index (χ0v) is 14.5. The summed E-state index contributed by atoms with van der Waals surface area (Å²) < 4.78 is 13.3. The normalized spacial score (nSPS) is 25.5. The Labute approximate surface area is 151 Å². The number of piperazine rings is 1. The third-order valence-electron chi connectivity index (χ3n) is 5.67. The van der Waals surface area contributed by atoms with Crippen molar-refractivity contribution in [3.8, 4) is 0 Å². The van der Waals surface area contributed by atoms with Crippen molar-refractivity contribution >= 4 is 11.9 Å². The van der Waals surface area contributed by atoms with E-state index in [9.17, 15) is 19.1 Å². The molecule has 0 bridgehead atoms. The summed E-state index contributed by atoms with van der Waals surface area (Å²) in [5.74, 6) is 0.530. The Morgan fingerprint density at radius 3 is 2.46 bits per heavy atom. The molecular formula is C19H22FN3O3. The van der Waals surface area contributed by atoms with Gasteiger partial charge in [-0.15, -0.1) is 0 Å². The number of fused-ring (bicyclic) bond motifs is 1. The average Bonchev–Trinajstić information content (AvgIpc) is 3.24. The Morgan fingerprint density at radius 1 is 1.12 bits per heavy atom. The molecule has 3 heterocycles. The van der Waals surface area contributed by atoms with Crippen molar-refractivity contribution in [2.24, 2.45) is 0 Å². The van der Waals surface area contributed by atoms with Gasteiger partial charge in [-0.3, -0.25) is 4.79 Å². The van der Waals surface area contributed by atoms with Gasteiger partial charge in [0, 0.05) is 38.7 Å². The summed E-state index contributed by atoms with van der Waals surface area (Å²) in [6.45, 7) is 2.84. The highest BCUT2D eigenvalue weighted by atomic mass is 19.1. The Kier molecular flexibility index (Phi) is 4.09. The van der Waals surface area contributed by atoms with Gasteiger partial charge >= 0.3 is 6.09 Å². The zero-order chi connectivity index (χ0) is 18.3. The number of nitrogens with zero attached hydrogens (tertiary/aromatic N) is 3. The van der Waals surface area contributed by atoms with Gasteiger partial charge in [-0.1, -0.05) is 12.1 Å². The van der Waals surface area contributed by atoms with Crippen LogP contribution < -0.4 is 0 Å². The number of ketones is 1. The van der Waals surface area contributed by atoms with E-state index in [1.807, 2.05) is 0 Å². The topological polar surface area (TPSA) is 64.1 Å². The molecule has 1 unspecified atom stereocenters. The number of hydrogen-bond acceptors (Lipinski definition) is 4. The molecule has 2 saturated heterocycles. The molecule has 1 aromatic carbocycles. The number of rotatable bonds is 3. The SMILES string of the molecule is O=C(O)N1CCN2C(N3CCCC3)=CC(=O)C2(Cc2ccc(F)cc2)C1. The smallest absolute Gasteiger partial charge is 0.407 e. The summed E-state index contributed by atoms with van der Waals surface area (Å²) >= 11 is 0. The largest absolute Gasteiger partial charge is 0.465 e. The lowest BCUT2D eigenvalue weighted by atomic mass is 9.85. The number of carboxylic acid groups (broad SMARTS) is 1. The van der Waals surface area contributed by atoms with Crippen molar-refractivity contribution in [2.75, 3.05) is 32.7 Å². The summed E-state index contributed by atoms with van der Waals surface area (Å²) in [6, 6.07) is 6.09. The number of likely N-dealkylation sites (tertiary alicyclic amines) is 1. The maximum Gasteiger partial charge on any atom is 0.407 e. The second-order valence-corrected chi connectivity index (χ2v) is 7.25. The summed E-state index contributed by atoms with van der Waals surface area (Å²) in [5.41, 5.74) is -0.111. The standard InChI is InChI=1S/C19H22FN3O3/c20-15-5-3-14(4-6-15)12-19-13-22(18(25)26)9-10-23(19)17(11-16(19)24)21-7-1-2-8-21/h3-6,11H,1-2,7-10,12-13H2,(H,25,26). The third-order valence-corrected chi connectivity index (χ3v) is 5.67. The van der Waals surface area contributed by atoms with Gasteiger partial charge in [-0.25, -0.2) is 9.18 Å². The Bertz CT molecular complexity index is 758. The molecule has 26 heavy (non-hydrogen) atoms. The van der Waals surface area contributed by atoms with E-state index in [-0.39, 0.29) is 18.1 Å². The highest BCUT2D eigenvalue weighted by molar-refractivity contribution is 6.02. The average molecular weight is 359 g/mol. The van der Waals surface area contributed by atoms with Crippen LogP contribution >= 0.6 is 0 Å². The maximum atomic E-state index is 13.3. The molecule has 0 saturated carbocycles. The first kappa shape index (κ1) is 16.9. The van der Waals surface area contributed by atoms with Crippen LogP contribution in [0.5, 0.6) is 0 Å². The number of amides is 1. The molecule has 3 aliphatic rings. The van der Waals surface area contributed by atoms with E-state index < -0.39 is 11.6 Å². The Morgan fingerprint density at radius 2 is 1.81 bits per heavy atom. The summed E-state index contributed by atoms with van der Waals surface area (Å²) in [6.07, 6.45) is 3.24. The van der Waals surface area contributed by atoms with E-state index >= 15 is 0 Å². The molecule has 1 amide bonds. The van der Waals surface area contributed by atoms with Crippen LogP contribution in [0.25, 0.3) is 0 Å². The second kappa shape index (κ2) is 6.30. The van der Waals surface area contributed by atoms with Crippen LogP contribution in [-0.2, 0) is 11.2 Å². The van der Waals surface area contributed by atoms with E-state index in [1.54, 1.807) is 18.2 Å². The minimum absolute atomic E-state index is 0.0605. The fourth-order valence-corrected chi connectivity index (χ4v) is 4.34. The van der Waals surface area contributed by atoms with Crippen molar-refractivity contribution in [2.45, 2.75) is 24.8 Å². The van der Waals surface area contributed by atoms with Gasteiger partial charge in [-0.05, 0) is 30.5 Å². The highest BCUT2D eigenvalue weighted by Gasteiger charge is 2.53. The molecule has 2 fully saturated rings. The fraction of sp³-hybridized carbons (Fsp3) is 0.474. The Balaban J connectivity index is 1.68. The molecular weight excluding hydrogens is 337 g/mol. The first-order valence-corrected chi connectivity index (χ1v) is 9.01. The zero-order valence-electron chi connectivity index (χ0n) is 14.5. The van der Waals surface area contributed by atoms with E-state index in [2.05, 4.69) is 9.80 Å². The van der Waals surface area contributed by atoms with Gasteiger partial charge < -0.3 is 19.8 Å². The van der Waals surface area contributed by atoms with Crippen molar-refractivity contribution in [3.05, 3.63) is 47.5 Å². The van der Waals surface area contributed by atoms with Crippen LogP contribution in [0.4, 0.5) is 9.18 Å². The fourth-order valence-electron chi connectivity index (χ4n) is 4.34. The number of carbonyl (C=O) groups is 2. The minimum Gasteiger partial charge on any atom is -0.465 e. The predicted molar refractivity (Wildman–Crippen MR) is 93.0 cm³/mol. The Hall–Kier alpha value is -2.57. The number of hydrogen-bond donors (Lipinski definition) is 1. The molecule has 1 aromatic rings. The second-order valence-electron chi connectivity index (χ2n) is 7.25. The van der Waals surface area contributed by atoms with Crippen LogP contribution in [0.15, 0.2) is 36.2 Å². The van der Waals surface area contributed by atoms with Crippen LogP contribution in [0.2, 0.25) is 0 Å². The molecule has 1 N–H and O–H groups in total. The van der Waals surface area contributed by atoms with E-state index in [0.29, 0.717) is 19.5 Å². The van der Waals surface area contributed by atoms with Gasteiger partial charge in [0.15, 0.2) is 5.78 Å². The third kappa shape index (κ3) is 2.71. The summed E-state index contributed by atoms with van der Waals surface area (Å²) in [4.78, 5) is 30.3. The molecule has 6 nitrogen and oxygen atoms in total. The van der Waals surface area contributed by atoms with Crippen molar-refractivity contribution < 1.29 is 19.1 Å². The van der Waals surface area contributed by atoms with Gasteiger partial charge in [0.05, 0.1) is 6.54 Å². The molecule has 0 aliphatic carbocycles. The lowest BCUT2D eigenvalue weighted by Crippen LogP contribution is -2.65. The van der Waals surface area contributed by atoms with Crippen LogP contribution in [0.3, 0.4) is 0 Å². The van der Waals surface area contributed by atoms with Gasteiger partial charge in [0.25, 0.3) is 0 Å². The monoisotopic (exact) mass is 359 g/mol. The van der Waals surface area contributed by atoms with Crippen LogP contribution in [-0.4, -0.2) is 69.9 Å². The predicted octanol–water partition coefficient (Wildman–Crippen LogP) is 1.92. The number of carbonyl (C=O) groups excluding carboxylic acids is 1. The van der Waals surface area contributed by atoms with Gasteiger partial charge in [0.1, 0.15) is 17.2 Å². The molecule has 3 aliphatic heterocycles. The van der Waals surface area contributed by atoms with E-state index in [0.717, 1.165) is 37.3 Å². The maximum absolute atomic E-state index is 13.3. The molecule has 1 atom stereocenters. The molecule has 7 heteroatoms. The van der Waals surface area contributed by atoms with Crippen molar-refractivity contribution in [1.82, 2.24) is 14.7 Å². The quantitative estimate of drug-likeness (QED) is 0.893. The summed E-state index contributed by atoms with van der Waals surface area (Å²) in [7, 11) is 0. The van der Waals surface area contributed by atoms with E-state index in [1.165, 1.54) is 17.0 Å². The van der Waals surface area contributed by atoms with Crippen molar-refractivity contribution in [3.63, 3.8) is 0 Å². The molecule has 4 rings (SSSR count). The lowest BCUT2D eigenvalue weighted by molar-refractivity contribution is -0.126. The number of benzene rings is 1. The first-order chi connectivity index (χ1) is 12.5. The van der Waals surface area contributed by atoms with Crippen molar-refractivity contribution in [1.29, 1.82) is 0 Å². The van der Waals surface area contributed by atoms with Crippen LogP contribution in [0.1, 0.15) is 18.4 Å².